The highest BCUT2D eigenvalue weighted by atomic mass is 16.5. The van der Waals surface area contributed by atoms with Gasteiger partial charge in [0.1, 0.15) is 17.2 Å². The number of hydrogen-bond acceptors (Lipinski definition) is 5. The van der Waals surface area contributed by atoms with E-state index < -0.39 is 0 Å². The second-order valence-corrected chi connectivity index (χ2v) is 7.91. The molecule has 0 saturated carbocycles. The van der Waals surface area contributed by atoms with Gasteiger partial charge in [0.05, 0.1) is 14.2 Å². The Labute approximate surface area is 206 Å². The standard InChI is InChI=1S/C29H31NO5/c1-4-5-18-30-28(31)20-35-26-12-6-21(7-13-26)19-27(22-8-14-24(33-2)15-9-22)29(32)23-10-16-25(34-3)17-11-23/h6-17,19H,4-5,18,20H2,1-3H3,(H,30,31)/b27-19+. The summed E-state index contributed by atoms with van der Waals surface area (Å²) in [5, 5.41) is 2.83. The average molecular weight is 474 g/mol. The van der Waals surface area contributed by atoms with E-state index >= 15 is 0 Å². The summed E-state index contributed by atoms with van der Waals surface area (Å²) in [4.78, 5) is 25.3. The SMILES string of the molecule is CCCCNC(=O)COc1ccc(/C=C(/C(=O)c2ccc(OC)cc2)c2ccc(OC)cc2)cc1. The number of hydrogen-bond donors (Lipinski definition) is 1. The molecule has 0 bridgehead atoms. The van der Waals surface area contributed by atoms with Crippen molar-refractivity contribution in [3.63, 3.8) is 0 Å². The van der Waals surface area contributed by atoms with Crippen molar-refractivity contribution < 1.29 is 23.8 Å². The van der Waals surface area contributed by atoms with E-state index in [-0.39, 0.29) is 18.3 Å². The number of ketones is 1. The molecule has 0 saturated heterocycles. The summed E-state index contributed by atoms with van der Waals surface area (Å²) >= 11 is 0. The van der Waals surface area contributed by atoms with Crippen molar-refractivity contribution in [1.29, 1.82) is 0 Å². The number of benzene rings is 3. The first-order valence-electron chi connectivity index (χ1n) is 11.6. The van der Waals surface area contributed by atoms with Gasteiger partial charge in [-0.25, -0.2) is 0 Å². The Kier molecular flexibility index (Phi) is 9.49. The molecule has 0 unspecified atom stereocenters. The second kappa shape index (κ2) is 13.0. The number of unbranched alkanes of at least 4 members (excludes halogenated alkanes) is 1. The van der Waals surface area contributed by atoms with Crippen molar-refractivity contribution in [3.8, 4) is 17.2 Å². The highest BCUT2D eigenvalue weighted by molar-refractivity contribution is 6.32. The van der Waals surface area contributed by atoms with E-state index in [4.69, 9.17) is 14.2 Å². The molecule has 182 valence electrons. The largest absolute Gasteiger partial charge is 0.497 e. The van der Waals surface area contributed by atoms with Crippen LogP contribution in [0, 0.1) is 0 Å². The van der Waals surface area contributed by atoms with Crippen molar-refractivity contribution in [2.24, 2.45) is 0 Å². The van der Waals surface area contributed by atoms with Crippen molar-refractivity contribution in [2.75, 3.05) is 27.4 Å². The van der Waals surface area contributed by atoms with E-state index in [1.54, 1.807) is 50.6 Å². The van der Waals surface area contributed by atoms with Crippen LogP contribution in [0.5, 0.6) is 17.2 Å². The van der Waals surface area contributed by atoms with Gasteiger partial charge in [-0.15, -0.1) is 0 Å². The maximum absolute atomic E-state index is 13.4. The Balaban J connectivity index is 1.81. The fourth-order valence-electron chi connectivity index (χ4n) is 3.38. The molecule has 0 aliphatic rings. The van der Waals surface area contributed by atoms with Crippen molar-refractivity contribution in [2.45, 2.75) is 19.8 Å². The van der Waals surface area contributed by atoms with Crippen LogP contribution < -0.4 is 19.5 Å². The molecule has 6 nitrogen and oxygen atoms in total. The van der Waals surface area contributed by atoms with Crippen molar-refractivity contribution >= 4 is 23.3 Å². The second-order valence-electron chi connectivity index (χ2n) is 7.91. The molecule has 1 amide bonds. The van der Waals surface area contributed by atoms with E-state index in [2.05, 4.69) is 12.2 Å². The van der Waals surface area contributed by atoms with Crippen LogP contribution in [0.2, 0.25) is 0 Å². The Hall–Kier alpha value is -4.06. The number of amides is 1. The van der Waals surface area contributed by atoms with Crippen molar-refractivity contribution in [3.05, 3.63) is 89.5 Å². The molecule has 0 atom stereocenters. The molecular formula is C29H31NO5. The maximum Gasteiger partial charge on any atom is 0.257 e. The van der Waals surface area contributed by atoms with Crippen LogP contribution in [0.4, 0.5) is 0 Å². The number of rotatable bonds is 12. The van der Waals surface area contributed by atoms with Crippen LogP contribution in [0.15, 0.2) is 72.8 Å². The van der Waals surface area contributed by atoms with E-state index in [0.29, 0.717) is 34.9 Å². The molecule has 0 aliphatic heterocycles. The van der Waals surface area contributed by atoms with Gasteiger partial charge in [-0.05, 0) is 72.2 Å². The number of carbonyl (C=O) groups is 2. The fraction of sp³-hybridized carbons (Fsp3) is 0.241. The third-order valence-electron chi connectivity index (χ3n) is 5.41. The van der Waals surface area contributed by atoms with Crippen LogP contribution in [-0.2, 0) is 4.79 Å². The zero-order valence-electron chi connectivity index (χ0n) is 20.4. The van der Waals surface area contributed by atoms with Crippen LogP contribution in [0.25, 0.3) is 11.6 Å². The minimum absolute atomic E-state index is 0.0358. The van der Waals surface area contributed by atoms with Crippen LogP contribution in [0.1, 0.15) is 41.3 Å². The highest BCUT2D eigenvalue weighted by Crippen LogP contribution is 2.26. The number of carbonyl (C=O) groups excluding carboxylic acids is 2. The molecule has 0 heterocycles. The van der Waals surface area contributed by atoms with Crippen LogP contribution >= 0.6 is 0 Å². The molecule has 0 aliphatic carbocycles. The Bertz CT molecular complexity index is 1130. The molecule has 0 spiro atoms. The Morgan fingerprint density at radius 2 is 1.31 bits per heavy atom. The number of methoxy groups -OCH3 is 2. The lowest BCUT2D eigenvalue weighted by Gasteiger charge is -2.10. The number of Topliss-reactive ketones (excluding diaryl/α,β-unsaturated/α-hetero) is 1. The Morgan fingerprint density at radius 3 is 1.86 bits per heavy atom. The maximum atomic E-state index is 13.4. The summed E-state index contributed by atoms with van der Waals surface area (Å²) in [5.74, 6) is 1.73. The molecule has 0 fully saturated rings. The highest BCUT2D eigenvalue weighted by Gasteiger charge is 2.15. The number of ether oxygens (including phenoxy) is 3. The predicted octanol–water partition coefficient (Wildman–Crippen LogP) is 5.42. The van der Waals surface area contributed by atoms with Gasteiger partial charge in [-0.1, -0.05) is 37.6 Å². The summed E-state index contributed by atoms with van der Waals surface area (Å²) < 4.78 is 16.0. The smallest absolute Gasteiger partial charge is 0.257 e. The summed E-state index contributed by atoms with van der Waals surface area (Å²) in [6, 6.07) is 21.7. The molecule has 3 rings (SSSR count). The molecule has 3 aromatic carbocycles. The van der Waals surface area contributed by atoms with E-state index in [1.807, 2.05) is 42.5 Å². The topological polar surface area (TPSA) is 73.9 Å². The van der Waals surface area contributed by atoms with Gasteiger partial charge in [0, 0.05) is 17.7 Å². The summed E-state index contributed by atoms with van der Waals surface area (Å²) in [5.41, 5.74) is 2.71. The molecule has 6 heteroatoms. The lowest BCUT2D eigenvalue weighted by atomic mass is 9.94. The summed E-state index contributed by atoms with van der Waals surface area (Å²) in [7, 11) is 3.19. The minimum Gasteiger partial charge on any atom is -0.497 e. The molecule has 3 aromatic rings. The average Bonchev–Trinajstić information content (AvgIpc) is 2.91. The van der Waals surface area contributed by atoms with Crippen molar-refractivity contribution in [1.82, 2.24) is 5.32 Å². The molecule has 0 aromatic heterocycles. The lowest BCUT2D eigenvalue weighted by Crippen LogP contribution is -2.29. The van der Waals surface area contributed by atoms with Gasteiger partial charge in [0.2, 0.25) is 0 Å². The third-order valence-corrected chi connectivity index (χ3v) is 5.41. The zero-order chi connectivity index (χ0) is 25.0. The van der Waals surface area contributed by atoms with Crippen LogP contribution in [0.3, 0.4) is 0 Å². The number of allylic oxidation sites excluding steroid dienone is 1. The molecule has 1 N–H and O–H groups in total. The first kappa shape index (κ1) is 25.6. The normalized spacial score (nSPS) is 11.0. The quantitative estimate of drug-likeness (QED) is 0.165. The van der Waals surface area contributed by atoms with Crippen LogP contribution in [-0.4, -0.2) is 39.1 Å². The van der Waals surface area contributed by atoms with E-state index in [1.165, 1.54) is 0 Å². The van der Waals surface area contributed by atoms with Gasteiger partial charge in [0.25, 0.3) is 5.91 Å². The van der Waals surface area contributed by atoms with Gasteiger partial charge in [-0.3, -0.25) is 9.59 Å². The van der Waals surface area contributed by atoms with Gasteiger partial charge < -0.3 is 19.5 Å². The minimum atomic E-state index is -0.144. The monoisotopic (exact) mass is 473 g/mol. The van der Waals surface area contributed by atoms with E-state index in [0.717, 1.165) is 24.0 Å². The van der Waals surface area contributed by atoms with Gasteiger partial charge >= 0.3 is 0 Å². The zero-order valence-corrected chi connectivity index (χ0v) is 20.4. The summed E-state index contributed by atoms with van der Waals surface area (Å²) in [6.07, 6.45) is 3.81. The third kappa shape index (κ3) is 7.47. The van der Waals surface area contributed by atoms with E-state index in [9.17, 15) is 9.59 Å². The fourth-order valence-corrected chi connectivity index (χ4v) is 3.38. The predicted molar refractivity (Wildman–Crippen MR) is 138 cm³/mol. The summed E-state index contributed by atoms with van der Waals surface area (Å²) in [6.45, 7) is 2.69. The molecule has 0 radical (unpaired) electrons. The first-order valence-corrected chi connectivity index (χ1v) is 11.6. The van der Waals surface area contributed by atoms with Gasteiger partial charge in [0.15, 0.2) is 12.4 Å². The first-order chi connectivity index (χ1) is 17.0. The lowest BCUT2D eigenvalue weighted by molar-refractivity contribution is -0.123. The Morgan fingerprint density at radius 1 is 0.771 bits per heavy atom. The van der Waals surface area contributed by atoms with Gasteiger partial charge in [-0.2, -0.15) is 0 Å². The molecular weight excluding hydrogens is 442 g/mol. The number of nitrogens with one attached hydrogen (secondary N) is 1. The molecule has 35 heavy (non-hydrogen) atoms.